The number of guanidine groups is 1. The van der Waals surface area contributed by atoms with Gasteiger partial charge in [0.2, 0.25) is 5.91 Å². The van der Waals surface area contributed by atoms with Gasteiger partial charge in [0, 0.05) is 50.9 Å². The highest BCUT2D eigenvalue weighted by Gasteiger charge is 2.22. The van der Waals surface area contributed by atoms with E-state index in [1.54, 1.807) is 7.11 Å². The summed E-state index contributed by atoms with van der Waals surface area (Å²) in [6, 6.07) is 7.91. The summed E-state index contributed by atoms with van der Waals surface area (Å²) in [7, 11) is 1.69. The smallest absolute Gasteiger partial charge is 0.220 e. The number of nitrogens with one attached hydrogen (secondary N) is 2. The van der Waals surface area contributed by atoms with Crippen LogP contribution < -0.4 is 21.1 Å². The highest BCUT2D eigenvalue weighted by atomic mass is 16.5. The van der Waals surface area contributed by atoms with Crippen molar-refractivity contribution in [3.63, 3.8) is 0 Å². The van der Waals surface area contributed by atoms with Gasteiger partial charge in [0.15, 0.2) is 5.96 Å². The predicted molar refractivity (Wildman–Crippen MR) is 126 cm³/mol. The lowest BCUT2D eigenvalue weighted by Crippen LogP contribution is -2.38. The number of benzene rings is 1. The van der Waals surface area contributed by atoms with Crippen LogP contribution in [0, 0.1) is 5.92 Å². The molecule has 1 aliphatic heterocycles. The zero-order valence-corrected chi connectivity index (χ0v) is 19.1. The third-order valence-electron chi connectivity index (χ3n) is 5.34. The number of aliphatic imine (C=N–C) groups is 1. The fourth-order valence-corrected chi connectivity index (χ4v) is 3.58. The number of carbonyl (C=O) groups excluding carboxylic acids is 1. The molecule has 2 rings (SSSR count). The summed E-state index contributed by atoms with van der Waals surface area (Å²) in [5, 5.41) is 6.65. The summed E-state index contributed by atoms with van der Waals surface area (Å²) in [6.07, 6.45) is 4.75. The van der Waals surface area contributed by atoms with Crippen LogP contribution in [-0.2, 0) is 9.53 Å². The molecule has 1 fully saturated rings. The molecule has 1 aromatic rings. The Morgan fingerprint density at radius 1 is 1.23 bits per heavy atom. The lowest BCUT2D eigenvalue weighted by molar-refractivity contribution is -0.123. The Labute approximate surface area is 186 Å². The second kappa shape index (κ2) is 14.6. The van der Waals surface area contributed by atoms with Gasteiger partial charge in [-0.15, -0.1) is 0 Å². The number of carbonyl (C=O) groups is 1. The van der Waals surface area contributed by atoms with E-state index in [9.17, 15) is 4.79 Å². The van der Waals surface area contributed by atoms with E-state index in [-0.39, 0.29) is 11.8 Å². The van der Waals surface area contributed by atoms with Gasteiger partial charge < -0.3 is 30.7 Å². The quantitative estimate of drug-likeness (QED) is 0.251. The SMILES string of the molecule is CCNC(=NCCCCN1CCC(C(N)=O)CC1)Nc1cccc(OCCCOC)c1. The van der Waals surface area contributed by atoms with Gasteiger partial charge in [-0.2, -0.15) is 0 Å². The zero-order chi connectivity index (χ0) is 22.3. The first kappa shape index (κ1) is 24.9. The molecule has 0 atom stereocenters. The Morgan fingerprint density at radius 3 is 2.74 bits per heavy atom. The number of amides is 1. The number of primary amides is 1. The molecule has 1 aliphatic rings. The van der Waals surface area contributed by atoms with Crippen molar-refractivity contribution in [1.29, 1.82) is 0 Å². The van der Waals surface area contributed by atoms with Crippen molar-refractivity contribution in [2.75, 3.05) is 58.4 Å². The minimum absolute atomic E-state index is 0.0591. The average molecular weight is 434 g/mol. The third kappa shape index (κ3) is 10.0. The Kier molecular flexibility index (Phi) is 11.8. The molecule has 0 aliphatic carbocycles. The van der Waals surface area contributed by atoms with Gasteiger partial charge in [-0.25, -0.2) is 0 Å². The third-order valence-corrected chi connectivity index (χ3v) is 5.34. The fourth-order valence-electron chi connectivity index (χ4n) is 3.58. The molecule has 8 heteroatoms. The molecule has 1 aromatic carbocycles. The van der Waals surface area contributed by atoms with Crippen molar-refractivity contribution in [2.45, 2.75) is 39.0 Å². The zero-order valence-electron chi connectivity index (χ0n) is 19.1. The lowest BCUT2D eigenvalue weighted by atomic mass is 9.96. The molecule has 1 saturated heterocycles. The summed E-state index contributed by atoms with van der Waals surface area (Å²) in [4.78, 5) is 18.4. The number of nitrogens with two attached hydrogens (primary N) is 1. The second-order valence-corrected chi connectivity index (χ2v) is 7.83. The summed E-state index contributed by atoms with van der Waals surface area (Å²) < 4.78 is 10.8. The van der Waals surface area contributed by atoms with Crippen LogP contribution in [0.25, 0.3) is 0 Å². The Hall–Kier alpha value is -2.32. The molecule has 1 heterocycles. The summed E-state index contributed by atoms with van der Waals surface area (Å²) in [5.74, 6) is 1.52. The van der Waals surface area contributed by atoms with Gasteiger partial charge in [0.1, 0.15) is 5.75 Å². The number of hydrogen-bond donors (Lipinski definition) is 3. The summed E-state index contributed by atoms with van der Waals surface area (Å²) in [5.41, 5.74) is 6.35. The predicted octanol–water partition coefficient (Wildman–Crippen LogP) is 2.46. The van der Waals surface area contributed by atoms with Gasteiger partial charge in [0.25, 0.3) is 0 Å². The van der Waals surface area contributed by atoms with Gasteiger partial charge in [-0.3, -0.25) is 9.79 Å². The number of unbranched alkanes of at least 4 members (excludes halogenated alkanes) is 1. The molecule has 0 aromatic heterocycles. The Morgan fingerprint density at radius 2 is 2.03 bits per heavy atom. The van der Waals surface area contributed by atoms with Crippen LogP contribution in [0.3, 0.4) is 0 Å². The van der Waals surface area contributed by atoms with Crippen LogP contribution in [-0.4, -0.2) is 69.8 Å². The van der Waals surface area contributed by atoms with E-state index in [1.165, 1.54) is 0 Å². The highest BCUT2D eigenvalue weighted by Crippen LogP contribution is 2.18. The van der Waals surface area contributed by atoms with E-state index in [0.29, 0.717) is 13.2 Å². The van der Waals surface area contributed by atoms with Crippen molar-refractivity contribution in [3.8, 4) is 5.75 Å². The summed E-state index contributed by atoms with van der Waals surface area (Å²) >= 11 is 0. The van der Waals surface area contributed by atoms with Gasteiger partial charge in [-0.1, -0.05) is 6.07 Å². The molecule has 8 nitrogen and oxygen atoms in total. The topological polar surface area (TPSA) is 101 Å². The fraction of sp³-hybridized carbons (Fsp3) is 0.652. The van der Waals surface area contributed by atoms with Crippen LogP contribution in [0.15, 0.2) is 29.3 Å². The van der Waals surface area contributed by atoms with Crippen LogP contribution >= 0.6 is 0 Å². The minimum Gasteiger partial charge on any atom is -0.493 e. The van der Waals surface area contributed by atoms with E-state index >= 15 is 0 Å². The van der Waals surface area contributed by atoms with E-state index in [1.807, 2.05) is 24.3 Å². The maximum atomic E-state index is 11.3. The number of hydrogen-bond acceptors (Lipinski definition) is 5. The molecule has 0 radical (unpaired) electrons. The van der Waals surface area contributed by atoms with Crippen molar-refractivity contribution in [1.82, 2.24) is 10.2 Å². The maximum Gasteiger partial charge on any atom is 0.220 e. The first-order chi connectivity index (χ1) is 15.1. The maximum absolute atomic E-state index is 11.3. The molecule has 31 heavy (non-hydrogen) atoms. The monoisotopic (exact) mass is 433 g/mol. The van der Waals surface area contributed by atoms with Crippen molar-refractivity contribution in [3.05, 3.63) is 24.3 Å². The minimum atomic E-state index is -0.152. The molecule has 0 unspecified atom stereocenters. The number of methoxy groups -OCH3 is 1. The first-order valence-corrected chi connectivity index (χ1v) is 11.4. The van der Waals surface area contributed by atoms with Gasteiger partial charge in [0.05, 0.1) is 6.61 Å². The molecular formula is C23H39N5O3. The number of anilines is 1. The van der Waals surface area contributed by atoms with Crippen molar-refractivity contribution >= 4 is 17.6 Å². The molecule has 1 amide bonds. The normalized spacial score (nSPS) is 15.6. The van der Waals surface area contributed by atoms with Crippen LogP contribution in [0.4, 0.5) is 5.69 Å². The molecule has 4 N–H and O–H groups in total. The lowest BCUT2D eigenvalue weighted by Gasteiger charge is -2.30. The Balaban J connectivity index is 1.72. The molecule has 0 spiro atoms. The van der Waals surface area contributed by atoms with Crippen molar-refractivity contribution < 1.29 is 14.3 Å². The number of ether oxygens (including phenoxy) is 2. The standard InChI is InChI=1S/C23H39N5O3/c1-3-25-23(27-20-8-6-9-21(18-20)31-17-7-16-30-2)26-12-4-5-13-28-14-10-19(11-15-28)22(24)29/h6,8-9,18-19H,3-5,7,10-17H2,1-2H3,(H2,24,29)(H2,25,26,27). The van der Waals surface area contributed by atoms with Gasteiger partial charge in [-0.05, 0) is 64.4 Å². The molecule has 174 valence electrons. The van der Waals surface area contributed by atoms with E-state index < -0.39 is 0 Å². The van der Waals surface area contributed by atoms with Crippen LogP contribution in [0.2, 0.25) is 0 Å². The van der Waals surface area contributed by atoms with Crippen molar-refractivity contribution in [2.24, 2.45) is 16.6 Å². The summed E-state index contributed by atoms with van der Waals surface area (Å²) in [6.45, 7) is 7.92. The number of nitrogens with zero attached hydrogens (tertiary/aromatic N) is 2. The highest BCUT2D eigenvalue weighted by molar-refractivity contribution is 5.93. The number of likely N-dealkylation sites (tertiary alicyclic amines) is 1. The van der Waals surface area contributed by atoms with E-state index in [2.05, 4.69) is 22.5 Å². The average Bonchev–Trinajstić information content (AvgIpc) is 2.77. The van der Waals surface area contributed by atoms with Gasteiger partial charge >= 0.3 is 0 Å². The molecular weight excluding hydrogens is 394 g/mol. The van der Waals surface area contributed by atoms with Crippen LogP contribution in [0.1, 0.15) is 39.0 Å². The largest absolute Gasteiger partial charge is 0.493 e. The second-order valence-electron chi connectivity index (χ2n) is 7.83. The first-order valence-electron chi connectivity index (χ1n) is 11.4. The Bertz CT molecular complexity index is 675. The van der Waals surface area contributed by atoms with E-state index in [4.69, 9.17) is 20.2 Å². The number of rotatable bonds is 13. The number of piperidine rings is 1. The van der Waals surface area contributed by atoms with Crippen LogP contribution in [0.5, 0.6) is 5.75 Å². The molecule has 0 bridgehead atoms. The van der Waals surface area contributed by atoms with E-state index in [0.717, 1.165) is 82.2 Å². The molecule has 0 saturated carbocycles.